The van der Waals surface area contributed by atoms with Crippen molar-refractivity contribution in [2.24, 2.45) is 0 Å². The van der Waals surface area contributed by atoms with Gasteiger partial charge in [0.25, 0.3) is 6.01 Å². The molecule has 0 amide bonds. The zero-order valence-electron chi connectivity index (χ0n) is 9.84. The number of fused-ring (bicyclic) bond motifs is 1. The largest absolute Gasteiger partial charge is 0.423 e. The Morgan fingerprint density at radius 3 is 3.06 bits per heavy atom. The highest BCUT2D eigenvalue weighted by atomic mass is 16.4. The molecule has 2 heterocycles. The smallest absolute Gasteiger partial charge is 0.296 e. The molecule has 4 N–H and O–H groups in total. The minimum atomic E-state index is -0.0192. The fraction of sp³-hybridized carbons (Fsp3) is 0.167. The standard InChI is InChI=1S/C12H13N5O/c1-7(11-14-5-6-15-11)16-12-17-10-8(13)3-2-4-9(10)18-12/h2-7H,13H2,1H3,(H,14,15)(H,16,17). The molecule has 1 atom stereocenters. The van der Waals surface area contributed by atoms with Crippen molar-refractivity contribution in [3.8, 4) is 0 Å². The van der Waals surface area contributed by atoms with Gasteiger partial charge >= 0.3 is 0 Å². The summed E-state index contributed by atoms with van der Waals surface area (Å²) in [5.74, 6) is 0.824. The predicted molar refractivity (Wildman–Crippen MR) is 69.0 cm³/mol. The molecule has 92 valence electrons. The van der Waals surface area contributed by atoms with Gasteiger partial charge < -0.3 is 20.5 Å². The van der Waals surface area contributed by atoms with Gasteiger partial charge in [-0.1, -0.05) is 6.07 Å². The molecule has 0 bridgehead atoms. The van der Waals surface area contributed by atoms with Crippen molar-refractivity contribution in [2.45, 2.75) is 13.0 Å². The van der Waals surface area contributed by atoms with E-state index in [2.05, 4.69) is 20.3 Å². The molecule has 0 radical (unpaired) electrons. The van der Waals surface area contributed by atoms with Gasteiger partial charge in [-0.15, -0.1) is 0 Å². The summed E-state index contributed by atoms with van der Waals surface area (Å²) in [5.41, 5.74) is 7.78. The van der Waals surface area contributed by atoms with Crippen LogP contribution >= 0.6 is 0 Å². The van der Waals surface area contributed by atoms with Crippen LogP contribution in [0.2, 0.25) is 0 Å². The van der Waals surface area contributed by atoms with Gasteiger partial charge in [-0.2, -0.15) is 4.98 Å². The van der Waals surface area contributed by atoms with Gasteiger partial charge in [0.1, 0.15) is 11.3 Å². The number of hydrogen-bond acceptors (Lipinski definition) is 5. The molecular weight excluding hydrogens is 230 g/mol. The van der Waals surface area contributed by atoms with Crippen molar-refractivity contribution in [3.05, 3.63) is 36.4 Å². The van der Waals surface area contributed by atoms with Gasteiger partial charge in [0.05, 0.1) is 11.7 Å². The van der Waals surface area contributed by atoms with E-state index in [4.69, 9.17) is 10.2 Å². The molecule has 0 aliphatic heterocycles. The first kappa shape index (κ1) is 10.6. The molecule has 18 heavy (non-hydrogen) atoms. The number of nitrogens with zero attached hydrogens (tertiary/aromatic N) is 2. The van der Waals surface area contributed by atoms with Crippen LogP contribution in [0, 0.1) is 0 Å². The maximum absolute atomic E-state index is 5.83. The second kappa shape index (κ2) is 4.06. The summed E-state index contributed by atoms with van der Waals surface area (Å²) in [6.45, 7) is 1.97. The summed E-state index contributed by atoms with van der Waals surface area (Å²) < 4.78 is 5.57. The molecule has 0 fully saturated rings. The van der Waals surface area contributed by atoms with Crippen LogP contribution in [0.25, 0.3) is 11.1 Å². The first-order valence-electron chi connectivity index (χ1n) is 5.65. The minimum absolute atomic E-state index is 0.0192. The number of nitrogen functional groups attached to an aromatic ring is 1. The van der Waals surface area contributed by atoms with Crippen LogP contribution in [0.4, 0.5) is 11.7 Å². The number of rotatable bonds is 3. The lowest BCUT2D eigenvalue weighted by molar-refractivity contribution is 0.600. The van der Waals surface area contributed by atoms with Crippen molar-refractivity contribution in [2.75, 3.05) is 11.1 Å². The zero-order chi connectivity index (χ0) is 12.5. The van der Waals surface area contributed by atoms with Crippen LogP contribution in [0.3, 0.4) is 0 Å². The number of nitrogens with two attached hydrogens (primary N) is 1. The van der Waals surface area contributed by atoms with Crippen molar-refractivity contribution < 1.29 is 4.42 Å². The summed E-state index contributed by atoms with van der Waals surface area (Å²) in [4.78, 5) is 11.5. The Kier molecular flexibility index (Phi) is 2.40. The molecule has 0 saturated heterocycles. The van der Waals surface area contributed by atoms with Gasteiger partial charge in [0, 0.05) is 12.4 Å². The van der Waals surface area contributed by atoms with E-state index in [9.17, 15) is 0 Å². The number of H-pyrrole nitrogens is 1. The first-order valence-corrected chi connectivity index (χ1v) is 5.65. The van der Waals surface area contributed by atoms with Gasteiger partial charge in [-0.25, -0.2) is 4.98 Å². The zero-order valence-corrected chi connectivity index (χ0v) is 9.84. The lowest BCUT2D eigenvalue weighted by Crippen LogP contribution is -2.08. The highest BCUT2D eigenvalue weighted by molar-refractivity contribution is 5.86. The molecule has 1 aromatic carbocycles. The fourth-order valence-corrected chi connectivity index (χ4v) is 1.80. The van der Waals surface area contributed by atoms with Crippen molar-refractivity contribution in [1.29, 1.82) is 0 Å². The summed E-state index contributed by atoms with van der Waals surface area (Å²) >= 11 is 0. The molecule has 3 aromatic rings. The van der Waals surface area contributed by atoms with Crippen LogP contribution < -0.4 is 11.1 Å². The van der Waals surface area contributed by atoms with Gasteiger partial charge in [0.2, 0.25) is 0 Å². The number of imidazole rings is 1. The average molecular weight is 243 g/mol. The topological polar surface area (TPSA) is 92.8 Å². The Balaban J connectivity index is 1.89. The molecule has 2 aromatic heterocycles. The second-order valence-electron chi connectivity index (χ2n) is 4.05. The van der Waals surface area contributed by atoms with E-state index >= 15 is 0 Å². The van der Waals surface area contributed by atoms with Crippen LogP contribution in [0.5, 0.6) is 0 Å². The molecule has 3 rings (SSSR count). The Hall–Kier alpha value is -2.50. The van der Waals surface area contributed by atoms with Crippen LogP contribution in [0.15, 0.2) is 35.0 Å². The average Bonchev–Trinajstić information content (AvgIpc) is 2.97. The number of aromatic nitrogens is 3. The predicted octanol–water partition coefficient (Wildman–Crippen LogP) is 2.31. The number of anilines is 2. The SMILES string of the molecule is CC(Nc1nc2c(N)cccc2o1)c1ncc[nH]1. The Labute approximate surface area is 103 Å². The summed E-state index contributed by atoms with van der Waals surface area (Å²) in [5, 5.41) is 3.13. The second-order valence-corrected chi connectivity index (χ2v) is 4.05. The molecule has 0 aliphatic rings. The van der Waals surface area contributed by atoms with Gasteiger partial charge in [-0.05, 0) is 19.1 Å². The van der Waals surface area contributed by atoms with E-state index in [1.54, 1.807) is 18.5 Å². The fourth-order valence-electron chi connectivity index (χ4n) is 1.80. The molecule has 0 aliphatic carbocycles. The van der Waals surface area contributed by atoms with Crippen LogP contribution in [-0.2, 0) is 0 Å². The van der Waals surface area contributed by atoms with Crippen molar-refractivity contribution >= 4 is 22.8 Å². The molecular formula is C12H13N5O. The van der Waals surface area contributed by atoms with E-state index in [-0.39, 0.29) is 6.04 Å². The molecule has 0 saturated carbocycles. The summed E-state index contributed by atoms with van der Waals surface area (Å²) in [6.07, 6.45) is 3.48. The summed E-state index contributed by atoms with van der Waals surface area (Å²) in [6, 6.07) is 5.88. The highest BCUT2D eigenvalue weighted by Crippen LogP contribution is 2.25. The molecule has 6 heteroatoms. The highest BCUT2D eigenvalue weighted by Gasteiger charge is 2.12. The lowest BCUT2D eigenvalue weighted by Gasteiger charge is -2.08. The maximum atomic E-state index is 5.83. The third-order valence-corrected chi connectivity index (χ3v) is 2.72. The number of nitrogens with one attached hydrogen (secondary N) is 2. The van der Waals surface area contributed by atoms with E-state index < -0.39 is 0 Å². The van der Waals surface area contributed by atoms with Crippen molar-refractivity contribution in [3.63, 3.8) is 0 Å². The van der Waals surface area contributed by atoms with E-state index in [0.717, 1.165) is 5.82 Å². The van der Waals surface area contributed by atoms with E-state index in [0.29, 0.717) is 22.8 Å². The van der Waals surface area contributed by atoms with Gasteiger partial charge in [0.15, 0.2) is 5.58 Å². The Morgan fingerprint density at radius 2 is 2.33 bits per heavy atom. The van der Waals surface area contributed by atoms with E-state index in [1.807, 2.05) is 19.1 Å². The molecule has 6 nitrogen and oxygen atoms in total. The number of hydrogen-bond donors (Lipinski definition) is 3. The minimum Gasteiger partial charge on any atom is -0.423 e. The number of aromatic amines is 1. The third kappa shape index (κ3) is 1.77. The lowest BCUT2D eigenvalue weighted by atomic mass is 10.3. The van der Waals surface area contributed by atoms with E-state index in [1.165, 1.54) is 0 Å². The first-order chi connectivity index (χ1) is 8.74. The monoisotopic (exact) mass is 243 g/mol. The molecule has 0 spiro atoms. The van der Waals surface area contributed by atoms with Crippen LogP contribution in [0.1, 0.15) is 18.8 Å². The number of para-hydroxylation sites is 1. The number of benzene rings is 1. The summed E-state index contributed by atoms with van der Waals surface area (Å²) in [7, 11) is 0. The van der Waals surface area contributed by atoms with Gasteiger partial charge in [-0.3, -0.25) is 0 Å². The normalized spacial score (nSPS) is 12.7. The molecule has 1 unspecified atom stereocenters. The Morgan fingerprint density at radius 1 is 1.44 bits per heavy atom. The maximum Gasteiger partial charge on any atom is 0.296 e. The number of oxazole rings is 1. The quantitative estimate of drug-likeness (QED) is 0.614. The third-order valence-electron chi connectivity index (χ3n) is 2.72. The Bertz CT molecular complexity index is 658. The van der Waals surface area contributed by atoms with Crippen molar-refractivity contribution in [1.82, 2.24) is 15.0 Å². The van der Waals surface area contributed by atoms with Crippen LogP contribution in [-0.4, -0.2) is 15.0 Å².